The Morgan fingerprint density at radius 3 is 1.38 bits per heavy atom. The van der Waals surface area contributed by atoms with E-state index in [-0.39, 0.29) is 63.7 Å². The first kappa shape index (κ1) is 65.1. The minimum Gasteiger partial charge on any atom is -0.396 e. The maximum Gasteiger partial charge on any atom is 0.311 e. The molecule has 2 aromatic rings. The number of carbonyl (C=O) groups excluding carboxylic acids is 2. The Bertz CT molecular complexity index is 2090. The number of aromatic nitrogens is 2. The molecule has 0 aromatic carbocycles. The zero-order chi connectivity index (χ0) is 53.0. The SMILES string of the molecule is CC(=O)C1(C)CC1.CC1(c2ccc(N)c(N)n2)CC1.CC1(c2ccc([N+](=O)[O-])c(N)n2)CC1.CN(C)/C=C/C(=O)C1(C)CC1.CN(C)C(CO)N(C)C.CS/C(C)=C/[N+](=O)[O-].N.NC(N)=C[N+](=O)[O-]. The number of ketones is 2. The number of nitrogens with two attached hydrogens (primary N) is 5. The molecule has 24 heteroatoms. The number of rotatable bonds is 13. The summed E-state index contributed by atoms with van der Waals surface area (Å²) in [5.74, 6) is 0.810. The second-order valence-corrected chi connectivity index (χ2v) is 19.8. The maximum atomic E-state index is 11.3. The van der Waals surface area contributed by atoms with E-state index >= 15 is 0 Å². The summed E-state index contributed by atoms with van der Waals surface area (Å²) < 4.78 is 0. The number of aliphatic hydroxyl groups excluding tert-OH is 1. The van der Waals surface area contributed by atoms with Crippen LogP contribution in [0.15, 0.2) is 59.7 Å². The second-order valence-electron chi connectivity index (χ2n) is 18.7. The molecule has 4 saturated carbocycles. The van der Waals surface area contributed by atoms with Gasteiger partial charge in [0.15, 0.2) is 11.6 Å². The summed E-state index contributed by atoms with van der Waals surface area (Å²) in [4.78, 5) is 64.6. The molecule has 4 aliphatic carbocycles. The predicted octanol–water partition coefficient (Wildman–Crippen LogP) is 5.78. The maximum absolute atomic E-state index is 11.3. The van der Waals surface area contributed by atoms with Crippen LogP contribution in [0, 0.1) is 41.2 Å². The standard InChI is InChI=1S/C9H11N3O2.C9H13N3.C9H15NO.C6H16N2O.C6H10O.C4H7NO2S.C2H5N3O2.H3N/c1-9(4-5-9)7-3-2-6(12(13)14)8(10)11-7;1-9(4-5-9)7-3-2-6(10)8(11)12-7;1-9(5-6-9)8(11)4-7-10(2)3;1-7(2)6(5-9)8(3)4;1-5(7)6(2)3-4-6;1-4(8-2)3-5(6)7;3-2(4)1-5(6)7;/h2-3H,4-5H2,1H3,(H2,10,11);2-3H,4-5,10H2,1H3,(H2,11,12);4,7H,5-6H2,1-3H3;6,9H,5H2,1-4H3;3-4H2,1-2H3;3H,1-2H3;1H,3-4H2;1H3/b;;7-4+;;;4-3+;;. The van der Waals surface area contributed by atoms with Gasteiger partial charge in [-0.25, -0.2) is 9.97 Å². The molecule has 69 heavy (non-hydrogen) atoms. The number of likely N-dealkylation sites (N-methyl/N-ethyl adjacent to an activating group) is 2. The van der Waals surface area contributed by atoms with Crippen molar-refractivity contribution in [3.63, 3.8) is 0 Å². The third kappa shape index (κ3) is 25.8. The normalized spacial score (nSPS) is 16.3. The quantitative estimate of drug-likeness (QED) is 0.0540. The van der Waals surface area contributed by atoms with Crippen molar-refractivity contribution in [1.29, 1.82) is 0 Å². The summed E-state index contributed by atoms with van der Waals surface area (Å²) in [6, 6.07) is 6.93. The first-order valence-corrected chi connectivity index (χ1v) is 23.0. The zero-order valence-corrected chi connectivity index (χ0v) is 43.7. The van der Waals surface area contributed by atoms with Crippen molar-refractivity contribution in [2.75, 3.05) is 72.3 Å². The van der Waals surface area contributed by atoms with Crippen molar-refractivity contribution < 1.29 is 29.5 Å². The van der Waals surface area contributed by atoms with Crippen LogP contribution in [0.4, 0.5) is 23.0 Å². The third-order valence-corrected chi connectivity index (χ3v) is 12.2. The van der Waals surface area contributed by atoms with Gasteiger partial charge in [-0.1, -0.05) is 27.7 Å². The van der Waals surface area contributed by atoms with Gasteiger partial charge in [0, 0.05) is 59.4 Å². The number of nitrogen functional groups attached to an aromatic ring is 3. The number of thioether (sulfide) groups is 1. The fourth-order valence-electron chi connectivity index (χ4n) is 5.17. The van der Waals surface area contributed by atoms with Gasteiger partial charge in [0.25, 0.3) is 6.20 Å². The molecule has 6 rings (SSSR count). The molecule has 0 amide bonds. The number of aliphatic hydroxyl groups is 1. The lowest BCUT2D eigenvalue weighted by Gasteiger charge is -2.28. The molecule has 0 unspecified atom stereocenters. The molecule has 4 aliphatic rings. The molecule has 2 heterocycles. The first-order valence-electron chi connectivity index (χ1n) is 21.7. The molecular formula is C45H80N14O9S. The molecule has 0 aliphatic heterocycles. The highest BCUT2D eigenvalue weighted by Crippen LogP contribution is 2.48. The Kier molecular flexibility index (Phi) is 27.5. The lowest BCUT2D eigenvalue weighted by Crippen LogP contribution is -2.43. The van der Waals surface area contributed by atoms with Gasteiger partial charge < -0.3 is 44.8 Å². The molecule has 0 spiro atoms. The number of anilines is 3. The summed E-state index contributed by atoms with van der Waals surface area (Å²) in [7, 11) is 11.6. The Labute approximate surface area is 411 Å². The van der Waals surface area contributed by atoms with E-state index in [1.54, 1.807) is 32.2 Å². The summed E-state index contributed by atoms with van der Waals surface area (Å²) in [5.41, 5.74) is 28.9. The Morgan fingerprint density at radius 1 is 0.739 bits per heavy atom. The van der Waals surface area contributed by atoms with Crippen LogP contribution in [0.1, 0.15) is 104 Å². The number of Topliss-reactive ketones (excluding diaryl/α,β-unsaturated/α-hetero) is 1. The van der Waals surface area contributed by atoms with E-state index in [9.17, 15) is 39.9 Å². The van der Waals surface area contributed by atoms with Gasteiger partial charge in [0.05, 0.1) is 38.1 Å². The molecule has 0 atom stereocenters. The highest BCUT2D eigenvalue weighted by molar-refractivity contribution is 8.02. The average Bonchev–Trinajstić information content (AvgIpc) is 4.03. The Morgan fingerprint density at radius 2 is 1.16 bits per heavy atom. The van der Waals surface area contributed by atoms with Crippen molar-refractivity contribution in [3.8, 4) is 0 Å². The molecular weight excluding hydrogens is 913 g/mol. The average molecular weight is 993 g/mol. The smallest absolute Gasteiger partial charge is 0.311 e. The van der Waals surface area contributed by atoms with Crippen molar-refractivity contribution in [1.82, 2.24) is 30.8 Å². The van der Waals surface area contributed by atoms with E-state index in [0.29, 0.717) is 23.5 Å². The summed E-state index contributed by atoms with van der Waals surface area (Å²) in [6.07, 6.45) is 15.9. The van der Waals surface area contributed by atoms with Crippen LogP contribution in [-0.4, -0.2) is 117 Å². The van der Waals surface area contributed by atoms with E-state index in [1.807, 2.05) is 89.2 Å². The van der Waals surface area contributed by atoms with E-state index in [0.717, 1.165) is 61.0 Å². The van der Waals surface area contributed by atoms with E-state index in [2.05, 4.69) is 23.8 Å². The summed E-state index contributed by atoms with van der Waals surface area (Å²) in [6.45, 7) is 11.9. The van der Waals surface area contributed by atoms with Crippen molar-refractivity contribution in [3.05, 3.63) is 101 Å². The number of allylic oxidation sites excluding steroid dienone is 2. The van der Waals surface area contributed by atoms with E-state index in [4.69, 9.17) is 33.8 Å². The van der Waals surface area contributed by atoms with E-state index in [1.165, 1.54) is 30.7 Å². The molecule has 23 nitrogen and oxygen atoms in total. The van der Waals surface area contributed by atoms with Crippen molar-refractivity contribution in [2.24, 2.45) is 22.3 Å². The van der Waals surface area contributed by atoms with Crippen LogP contribution >= 0.6 is 11.8 Å². The minimum atomic E-state index is -0.713. The number of nitro groups is 3. The molecule has 0 radical (unpaired) electrons. The number of pyridine rings is 2. The fraction of sp³-hybridized carbons (Fsp3) is 0.600. The van der Waals surface area contributed by atoms with Crippen LogP contribution < -0.4 is 34.8 Å². The minimum absolute atomic E-state index is 0. The number of carbonyl (C=O) groups is 2. The largest absolute Gasteiger partial charge is 0.396 e. The number of hydrogen-bond donors (Lipinski definition) is 7. The Hall–Kier alpha value is -5.95. The Balaban J connectivity index is 0. The first-order chi connectivity index (χ1) is 31.2. The summed E-state index contributed by atoms with van der Waals surface area (Å²) >= 11 is 1.37. The number of hydrogen-bond acceptors (Lipinski definition) is 21. The van der Waals surface area contributed by atoms with Gasteiger partial charge in [-0.3, -0.25) is 49.7 Å². The lowest BCUT2D eigenvalue weighted by atomic mass is 10.0. The molecule has 2 aromatic heterocycles. The van der Waals surface area contributed by atoms with Crippen LogP contribution in [0.25, 0.3) is 0 Å². The summed E-state index contributed by atoms with van der Waals surface area (Å²) in [5, 5.41) is 38.3. The topological polar surface area (TPSA) is 384 Å². The van der Waals surface area contributed by atoms with Crippen LogP contribution in [0.2, 0.25) is 0 Å². The van der Waals surface area contributed by atoms with Gasteiger partial charge in [-0.05, 0) is 124 Å². The molecule has 390 valence electrons. The highest BCUT2D eigenvalue weighted by Gasteiger charge is 2.44. The van der Waals surface area contributed by atoms with Crippen LogP contribution in [-0.2, 0) is 20.4 Å². The predicted molar refractivity (Wildman–Crippen MR) is 276 cm³/mol. The third-order valence-electron chi connectivity index (χ3n) is 11.5. The second kappa shape index (κ2) is 29.2. The van der Waals surface area contributed by atoms with Gasteiger partial charge in [-0.15, -0.1) is 11.8 Å². The van der Waals surface area contributed by atoms with E-state index < -0.39 is 14.8 Å². The monoisotopic (exact) mass is 993 g/mol. The van der Waals surface area contributed by atoms with Crippen molar-refractivity contribution in [2.45, 2.75) is 110 Å². The van der Waals surface area contributed by atoms with Crippen LogP contribution in [0.3, 0.4) is 0 Å². The van der Waals surface area contributed by atoms with Gasteiger partial charge >= 0.3 is 5.69 Å². The van der Waals surface area contributed by atoms with Crippen molar-refractivity contribution >= 4 is 46.3 Å². The van der Waals surface area contributed by atoms with Gasteiger partial charge in [0.1, 0.15) is 11.6 Å². The fourth-order valence-corrected chi connectivity index (χ4v) is 5.36. The van der Waals surface area contributed by atoms with Crippen LogP contribution in [0.5, 0.6) is 0 Å². The highest BCUT2D eigenvalue weighted by atomic mass is 32.2. The van der Waals surface area contributed by atoms with Gasteiger partial charge in [0.2, 0.25) is 12.0 Å². The molecule has 0 bridgehead atoms. The number of nitrogens with zero attached hydrogens (tertiary/aromatic N) is 8. The molecule has 0 saturated heterocycles. The lowest BCUT2D eigenvalue weighted by molar-refractivity contribution is -0.403. The molecule has 4 fully saturated rings. The van der Waals surface area contributed by atoms with Gasteiger partial charge in [-0.2, -0.15) is 0 Å². The zero-order valence-electron chi connectivity index (χ0n) is 42.9. The molecule has 14 N–H and O–H groups in total.